The molecule has 0 fully saturated rings. The van der Waals surface area contributed by atoms with E-state index in [4.69, 9.17) is 5.73 Å². The number of primary amides is 1. The molecule has 2 atom stereocenters. The van der Waals surface area contributed by atoms with Crippen molar-refractivity contribution < 1.29 is 4.79 Å². The third-order valence-electron chi connectivity index (χ3n) is 3.81. The zero-order chi connectivity index (χ0) is 14.7. The van der Waals surface area contributed by atoms with Gasteiger partial charge in [0.1, 0.15) is 0 Å². The molecule has 0 saturated carbocycles. The number of carbonyl (C=O) groups is 1. The molecule has 0 spiro atoms. The number of hydrogen-bond donors (Lipinski definition) is 2. The molecule has 19 heavy (non-hydrogen) atoms. The smallest absolute Gasteiger partial charge is 0.312 e. The normalized spacial score (nSPS) is 14.4. The summed E-state index contributed by atoms with van der Waals surface area (Å²) in [6.45, 7) is 9.94. The number of carbonyl (C=O) groups excluding carboxylic acids is 1. The molecular weight excluding hydrogens is 236 g/mol. The Morgan fingerprint density at radius 1 is 0.895 bits per heavy atom. The SMILES string of the molecule is CC(C)CCCC(C)CCCC(C)CCNC(N)=O. The largest absolute Gasteiger partial charge is 0.352 e. The van der Waals surface area contributed by atoms with Crippen LogP contribution in [-0.4, -0.2) is 12.6 Å². The lowest BCUT2D eigenvalue weighted by Crippen LogP contribution is -2.30. The Hall–Kier alpha value is -0.730. The van der Waals surface area contributed by atoms with Crippen LogP contribution in [0.1, 0.15) is 72.6 Å². The van der Waals surface area contributed by atoms with Gasteiger partial charge in [-0.15, -0.1) is 0 Å². The first kappa shape index (κ1) is 18.3. The third-order valence-corrected chi connectivity index (χ3v) is 3.81. The van der Waals surface area contributed by atoms with Crippen LogP contribution in [0, 0.1) is 17.8 Å². The summed E-state index contributed by atoms with van der Waals surface area (Å²) in [6.07, 6.45) is 9.04. The van der Waals surface area contributed by atoms with E-state index in [0.717, 1.165) is 18.3 Å². The van der Waals surface area contributed by atoms with E-state index in [1.807, 2.05) is 0 Å². The summed E-state index contributed by atoms with van der Waals surface area (Å²) >= 11 is 0. The Labute approximate surface area is 119 Å². The number of amides is 2. The van der Waals surface area contributed by atoms with Crippen molar-refractivity contribution in [1.29, 1.82) is 0 Å². The van der Waals surface area contributed by atoms with E-state index < -0.39 is 6.03 Å². The average molecular weight is 270 g/mol. The second-order valence-corrected chi connectivity index (χ2v) is 6.55. The first-order valence-corrected chi connectivity index (χ1v) is 7.95. The highest BCUT2D eigenvalue weighted by atomic mass is 16.2. The van der Waals surface area contributed by atoms with E-state index in [1.165, 1.54) is 38.5 Å². The first-order valence-electron chi connectivity index (χ1n) is 7.95. The van der Waals surface area contributed by atoms with Gasteiger partial charge in [-0.3, -0.25) is 0 Å². The molecule has 2 unspecified atom stereocenters. The lowest BCUT2D eigenvalue weighted by atomic mass is 9.92. The minimum absolute atomic E-state index is 0.411. The number of hydrogen-bond acceptors (Lipinski definition) is 1. The van der Waals surface area contributed by atoms with Crippen molar-refractivity contribution in [3.63, 3.8) is 0 Å². The second kappa shape index (κ2) is 11.1. The van der Waals surface area contributed by atoms with Gasteiger partial charge >= 0.3 is 6.03 Å². The minimum Gasteiger partial charge on any atom is -0.352 e. The minimum atomic E-state index is -0.411. The van der Waals surface area contributed by atoms with E-state index in [0.29, 0.717) is 12.5 Å². The topological polar surface area (TPSA) is 55.1 Å². The fraction of sp³-hybridized carbons (Fsp3) is 0.938. The molecule has 2 amide bonds. The van der Waals surface area contributed by atoms with Crippen molar-refractivity contribution in [2.45, 2.75) is 72.6 Å². The Kier molecular flexibility index (Phi) is 10.7. The van der Waals surface area contributed by atoms with Gasteiger partial charge in [-0.1, -0.05) is 66.2 Å². The van der Waals surface area contributed by atoms with Crippen LogP contribution in [0.2, 0.25) is 0 Å². The number of rotatable bonds is 11. The Balaban J connectivity index is 3.42. The molecule has 0 saturated heterocycles. The van der Waals surface area contributed by atoms with Crippen LogP contribution in [-0.2, 0) is 0 Å². The lowest BCUT2D eigenvalue weighted by Gasteiger charge is -2.15. The van der Waals surface area contributed by atoms with Crippen LogP contribution < -0.4 is 11.1 Å². The maximum Gasteiger partial charge on any atom is 0.312 e. The van der Waals surface area contributed by atoms with Crippen molar-refractivity contribution in [3.8, 4) is 0 Å². The maximum atomic E-state index is 10.5. The van der Waals surface area contributed by atoms with Crippen molar-refractivity contribution in [1.82, 2.24) is 5.32 Å². The molecule has 0 aromatic rings. The lowest BCUT2D eigenvalue weighted by molar-refractivity contribution is 0.248. The van der Waals surface area contributed by atoms with E-state index >= 15 is 0 Å². The molecular formula is C16H34N2O. The molecule has 114 valence electrons. The second-order valence-electron chi connectivity index (χ2n) is 6.55. The number of nitrogens with two attached hydrogens (primary N) is 1. The van der Waals surface area contributed by atoms with Crippen LogP contribution in [0.3, 0.4) is 0 Å². The highest BCUT2D eigenvalue weighted by Gasteiger charge is 2.06. The van der Waals surface area contributed by atoms with Crippen molar-refractivity contribution in [2.24, 2.45) is 23.5 Å². The molecule has 0 rings (SSSR count). The monoisotopic (exact) mass is 270 g/mol. The van der Waals surface area contributed by atoms with Gasteiger partial charge in [0.2, 0.25) is 0 Å². The van der Waals surface area contributed by atoms with Gasteiger partial charge in [-0.05, 0) is 24.2 Å². The van der Waals surface area contributed by atoms with Crippen LogP contribution in [0.4, 0.5) is 4.79 Å². The molecule has 3 heteroatoms. The fourth-order valence-corrected chi connectivity index (χ4v) is 2.42. The Bertz CT molecular complexity index is 229. The van der Waals surface area contributed by atoms with E-state index in [2.05, 4.69) is 33.0 Å². The van der Waals surface area contributed by atoms with Gasteiger partial charge in [-0.2, -0.15) is 0 Å². The summed E-state index contributed by atoms with van der Waals surface area (Å²) < 4.78 is 0. The van der Waals surface area contributed by atoms with E-state index in [-0.39, 0.29) is 0 Å². The predicted octanol–water partition coefficient (Wildman–Crippen LogP) is 4.31. The van der Waals surface area contributed by atoms with Crippen LogP contribution >= 0.6 is 0 Å². The summed E-state index contributed by atoms with van der Waals surface area (Å²) in [5.41, 5.74) is 5.04. The summed E-state index contributed by atoms with van der Waals surface area (Å²) in [6, 6.07) is -0.411. The van der Waals surface area contributed by atoms with Gasteiger partial charge < -0.3 is 11.1 Å². The van der Waals surface area contributed by atoms with Crippen molar-refractivity contribution in [2.75, 3.05) is 6.54 Å². The molecule has 0 radical (unpaired) electrons. The molecule has 0 aliphatic rings. The number of urea groups is 1. The number of nitrogens with one attached hydrogen (secondary N) is 1. The Morgan fingerprint density at radius 2 is 1.37 bits per heavy atom. The zero-order valence-corrected chi connectivity index (χ0v) is 13.4. The molecule has 0 aromatic heterocycles. The summed E-state index contributed by atoms with van der Waals surface area (Å²) in [5, 5.41) is 2.65. The van der Waals surface area contributed by atoms with Crippen molar-refractivity contribution in [3.05, 3.63) is 0 Å². The predicted molar refractivity (Wildman–Crippen MR) is 83.1 cm³/mol. The van der Waals surface area contributed by atoms with E-state index in [1.54, 1.807) is 0 Å². The summed E-state index contributed by atoms with van der Waals surface area (Å²) in [5.74, 6) is 2.37. The highest BCUT2D eigenvalue weighted by molar-refractivity contribution is 5.71. The maximum absolute atomic E-state index is 10.5. The first-order chi connectivity index (χ1) is 8.91. The third kappa shape index (κ3) is 13.5. The molecule has 3 N–H and O–H groups in total. The highest BCUT2D eigenvalue weighted by Crippen LogP contribution is 2.20. The van der Waals surface area contributed by atoms with E-state index in [9.17, 15) is 4.79 Å². The average Bonchev–Trinajstić information content (AvgIpc) is 2.27. The van der Waals surface area contributed by atoms with Gasteiger partial charge in [0.15, 0.2) is 0 Å². The fourth-order valence-electron chi connectivity index (χ4n) is 2.42. The van der Waals surface area contributed by atoms with Gasteiger partial charge in [0, 0.05) is 6.54 Å². The standard InChI is InChI=1S/C16H34N2O/c1-13(2)7-5-8-14(3)9-6-10-15(4)11-12-18-16(17)19/h13-15H,5-12H2,1-4H3,(H3,17,18,19). The quantitative estimate of drug-likeness (QED) is 0.577. The molecule has 0 aliphatic heterocycles. The van der Waals surface area contributed by atoms with Crippen molar-refractivity contribution >= 4 is 6.03 Å². The van der Waals surface area contributed by atoms with Crippen LogP contribution in [0.15, 0.2) is 0 Å². The summed E-state index contributed by atoms with van der Waals surface area (Å²) in [7, 11) is 0. The molecule has 3 nitrogen and oxygen atoms in total. The molecule has 0 heterocycles. The Morgan fingerprint density at radius 3 is 1.84 bits per heavy atom. The van der Waals surface area contributed by atoms with Crippen LogP contribution in [0.25, 0.3) is 0 Å². The van der Waals surface area contributed by atoms with Crippen LogP contribution in [0.5, 0.6) is 0 Å². The molecule has 0 aliphatic carbocycles. The zero-order valence-electron chi connectivity index (χ0n) is 13.4. The molecule has 0 aromatic carbocycles. The van der Waals surface area contributed by atoms with Gasteiger partial charge in [0.05, 0.1) is 0 Å². The summed E-state index contributed by atoms with van der Waals surface area (Å²) in [4.78, 5) is 10.5. The van der Waals surface area contributed by atoms with Gasteiger partial charge in [0.25, 0.3) is 0 Å². The molecule has 0 bridgehead atoms. The van der Waals surface area contributed by atoms with Gasteiger partial charge in [-0.25, -0.2) is 4.79 Å².